The lowest BCUT2D eigenvalue weighted by Crippen LogP contribution is -2.39. The number of aryl methyl sites for hydroxylation is 2. The second kappa shape index (κ2) is 5.26. The molecule has 2 aromatic carbocycles. The molecule has 24 heavy (non-hydrogen) atoms. The van der Waals surface area contributed by atoms with Crippen LogP contribution in [-0.4, -0.2) is 23.9 Å². The maximum Gasteiger partial charge on any atom is 0.263 e. The summed E-state index contributed by atoms with van der Waals surface area (Å²) in [6.45, 7) is 3.89. The number of rotatable bonds is 2. The summed E-state index contributed by atoms with van der Waals surface area (Å²) in [5, 5.41) is 9.63. The van der Waals surface area contributed by atoms with E-state index in [4.69, 9.17) is 0 Å². The van der Waals surface area contributed by atoms with Crippen LogP contribution in [0.3, 0.4) is 0 Å². The van der Waals surface area contributed by atoms with E-state index in [-0.39, 0.29) is 11.8 Å². The first-order chi connectivity index (χ1) is 11.6. The highest BCUT2D eigenvalue weighted by Crippen LogP contribution is 2.35. The number of fused-ring (bicyclic) bond motifs is 1. The molecule has 2 aliphatic rings. The highest BCUT2D eigenvalue weighted by molar-refractivity contribution is 6.26. The molecule has 6 heteroatoms. The van der Waals surface area contributed by atoms with Gasteiger partial charge in [0.1, 0.15) is 0 Å². The van der Waals surface area contributed by atoms with Crippen molar-refractivity contribution in [2.45, 2.75) is 25.9 Å². The number of amides is 2. The Hall–Kier alpha value is -3.02. The van der Waals surface area contributed by atoms with E-state index < -0.39 is 12.1 Å². The minimum Gasteiger partial charge on any atom is -0.271 e. The van der Waals surface area contributed by atoms with Crippen molar-refractivity contribution < 1.29 is 9.59 Å². The first-order valence-corrected chi connectivity index (χ1v) is 7.77. The van der Waals surface area contributed by atoms with Crippen molar-refractivity contribution >= 4 is 23.2 Å². The summed E-state index contributed by atoms with van der Waals surface area (Å²) in [5.41, 5.74) is 3.35. The number of carbonyl (C=O) groups is 2. The summed E-state index contributed by atoms with van der Waals surface area (Å²) >= 11 is 0. The predicted octanol–water partition coefficient (Wildman–Crippen LogP) is 2.80. The molecule has 0 bridgehead atoms. The summed E-state index contributed by atoms with van der Waals surface area (Å²) in [4.78, 5) is 26.9. The van der Waals surface area contributed by atoms with E-state index in [1.165, 1.54) is 9.91 Å². The van der Waals surface area contributed by atoms with Crippen LogP contribution in [0.4, 0.5) is 11.4 Å². The van der Waals surface area contributed by atoms with Crippen LogP contribution in [-0.2, 0) is 9.59 Å². The SMILES string of the molecule is Cc1cc(C)cc(N2C(=O)[C@@H]3N=NN(c4ccccc4)[C@H]3C2=O)c1. The number of hydrogen-bond donors (Lipinski definition) is 0. The Morgan fingerprint density at radius 2 is 1.54 bits per heavy atom. The quantitative estimate of drug-likeness (QED) is 0.799. The fourth-order valence-electron chi connectivity index (χ4n) is 3.29. The van der Waals surface area contributed by atoms with Gasteiger partial charge in [-0.2, -0.15) is 5.11 Å². The molecular formula is C18H16N4O2. The topological polar surface area (TPSA) is 65.3 Å². The minimum absolute atomic E-state index is 0.288. The predicted molar refractivity (Wildman–Crippen MR) is 89.8 cm³/mol. The zero-order valence-electron chi connectivity index (χ0n) is 13.4. The van der Waals surface area contributed by atoms with Gasteiger partial charge in [0.05, 0.1) is 11.4 Å². The highest BCUT2D eigenvalue weighted by atomic mass is 16.2. The van der Waals surface area contributed by atoms with E-state index in [1.807, 2.05) is 62.4 Å². The van der Waals surface area contributed by atoms with E-state index in [0.29, 0.717) is 5.69 Å². The van der Waals surface area contributed by atoms with Gasteiger partial charge in [0, 0.05) is 0 Å². The average molecular weight is 320 g/mol. The van der Waals surface area contributed by atoms with Crippen LogP contribution >= 0.6 is 0 Å². The molecule has 1 fully saturated rings. The number of anilines is 2. The molecule has 2 aromatic rings. The van der Waals surface area contributed by atoms with Crippen molar-refractivity contribution in [3.8, 4) is 0 Å². The second-order valence-electron chi connectivity index (χ2n) is 6.13. The van der Waals surface area contributed by atoms with Crippen LogP contribution in [0.2, 0.25) is 0 Å². The molecule has 2 atom stereocenters. The van der Waals surface area contributed by atoms with Crippen LogP contribution in [0, 0.1) is 13.8 Å². The number of carbonyl (C=O) groups excluding carboxylic acids is 2. The molecule has 0 aromatic heterocycles. The van der Waals surface area contributed by atoms with Gasteiger partial charge in [-0.05, 0) is 49.2 Å². The molecule has 0 unspecified atom stereocenters. The summed E-state index contributed by atoms with van der Waals surface area (Å²) in [6, 6.07) is 13.5. The van der Waals surface area contributed by atoms with Gasteiger partial charge in [-0.1, -0.05) is 29.5 Å². The van der Waals surface area contributed by atoms with Crippen molar-refractivity contribution in [2.24, 2.45) is 10.3 Å². The van der Waals surface area contributed by atoms with Gasteiger partial charge in [-0.15, -0.1) is 0 Å². The maximum absolute atomic E-state index is 12.9. The van der Waals surface area contributed by atoms with Crippen LogP contribution in [0.5, 0.6) is 0 Å². The van der Waals surface area contributed by atoms with Crippen LogP contribution in [0.1, 0.15) is 11.1 Å². The molecule has 120 valence electrons. The Morgan fingerprint density at radius 3 is 2.21 bits per heavy atom. The first-order valence-electron chi connectivity index (χ1n) is 7.77. The Kier molecular flexibility index (Phi) is 3.19. The molecule has 6 nitrogen and oxygen atoms in total. The number of nitrogens with zero attached hydrogens (tertiary/aromatic N) is 4. The number of benzene rings is 2. The fourth-order valence-corrected chi connectivity index (χ4v) is 3.29. The van der Waals surface area contributed by atoms with E-state index >= 15 is 0 Å². The molecule has 0 saturated carbocycles. The second-order valence-corrected chi connectivity index (χ2v) is 6.13. The molecule has 0 radical (unpaired) electrons. The van der Waals surface area contributed by atoms with E-state index in [0.717, 1.165) is 16.8 Å². The summed E-state index contributed by atoms with van der Waals surface area (Å²) in [6.07, 6.45) is 0. The lowest BCUT2D eigenvalue weighted by atomic mass is 10.1. The van der Waals surface area contributed by atoms with Gasteiger partial charge < -0.3 is 0 Å². The molecular weight excluding hydrogens is 304 g/mol. The summed E-state index contributed by atoms with van der Waals surface area (Å²) in [7, 11) is 0. The molecule has 2 aliphatic heterocycles. The van der Waals surface area contributed by atoms with E-state index in [1.54, 1.807) is 0 Å². The molecule has 1 saturated heterocycles. The van der Waals surface area contributed by atoms with Gasteiger partial charge in [-0.3, -0.25) is 9.59 Å². The van der Waals surface area contributed by atoms with E-state index in [2.05, 4.69) is 10.3 Å². The van der Waals surface area contributed by atoms with Gasteiger partial charge >= 0.3 is 0 Å². The Balaban J connectivity index is 1.73. The largest absolute Gasteiger partial charge is 0.271 e. The van der Waals surface area contributed by atoms with Crippen molar-refractivity contribution in [1.82, 2.24) is 0 Å². The first kappa shape index (κ1) is 14.6. The van der Waals surface area contributed by atoms with Crippen molar-refractivity contribution in [1.29, 1.82) is 0 Å². The van der Waals surface area contributed by atoms with E-state index in [9.17, 15) is 9.59 Å². The standard InChI is InChI=1S/C18H16N4O2/c1-11-8-12(2)10-14(9-11)21-17(23)15-16(18(21)24)22(20-19-15)13-6-4-3-5-7-13/h3-10,15-16H,1-2H3/t15-,16-/m1/s1. The van der Waals surface area contributed by atoms with Crippen LogP contribution in [0.25, 0.3) is 0 Å². The third-order valence-electron chi connectivity index (χ3n) is 4.27. The molecule has 0 spiro atoms. The third kappa shape index (κ3) is 2.11. The molecule has 4 rings (SSSR count). The number of imide groups is 1. The average Bonchev–Trinajstić information content (AvgIpc) is 3.08. The number of para-hydroxylation sites is 1. The fraction of sp³-hybridized carbons (Fsp3) is 0.222. The molecule has 2 amide bonds. The highest BCUT2D eigenvalue weighted by Gasteiger charge is 2.55. The van der Waals surface area contributed by atoms with Crippen molar-refractivity contribution in [3.05, 3.63) is 59.7 Å². The van der Waals surface area contributed by atoms with Gasteiger partial charge in [0.2, 0.25) is 0 Å². The Labute approximate surface area is 139 Å². The minimum atomic E-state index is -0.779. The summed E-state index contributed by atoms with van der Waals surface area (Å²) in [5.74, 6) is -0.610. The van der Waals surface area contributed by atoms with Crippen molar-refractivity contribution in [3.63, 3.8) is 0 Å². The smallest absolute Gasteiger partial charge is 0.263 e. The van der Waals surface area contributed by atoms with Crippen molar-refractivity contribution in [2.75, 3.05) is 9.91 Å². The van der Waals surface area contributed by atoms with Crippen LogP contribution < -0.4 is 9.91 Å². The Bertz CT molecular complexity index is 842. The monoisotopic (exact) mass is 320 g/mol. The number of hydrogen-bond acceptors (Lipinski definition) is 5. The third-order valence-corrected chi connectivity index (χ3v) is 4.27. The van der Waals surface area contributed by atoms with Gasteiger partial charge in [0.15, 0.2) is 12.1 Å². The lowest BCUT2D eigenvalue weighted by Gasteiger charge is -2.21. The van der Waals surface area contributed by atoms with Crippen LogP contribution in [0.15, 0.2) is 58.9 Å². The van der Waals surface area contributed by atoms with Gasteiger partial charge in [0.25, 0.3) is 11.8 Å². The molecule has 0 N–H and O–H groups in total. The summed E-state index contributed by atoms with van der Waals surface area (Å²) < 4.78 is 0. The molecule has 0 aliphatic carbocycles. The zero-order chi connectivity index (χ0) is 16.8. The zero-order valence-corrected chi connectivity index (χ0v) is 13.4. The Morgan fingerprint density at radius 1 is 0.875 bits per heavy atom. The maximum atomic E-state index is 12.9. The molecule has 2 heterocycles. The normalized spacial score (nSPS) is 22.4. The lowest BCUT2D eigenvalue weighted by molar-refractivity contribution is -0.121. The van der Waals surface area contributed by atoms with Gasteiger partial charge in [-0.25, -0.2) is 9.91 Å².